The predicted octanol–water partition coefficient (Wildman–Crippen LogP) is 1.44. The third kappa shape index (κ3) is 2.55. The van der Waals surface area contributed by atoms with Crippen LogP contribution in [0.4, 0.5) is 8.78 Å². The van der Waals surface area contributed by atoms with Gasteiger partial charge in [-0.05, 0) is 12.1 Å². The molecule has 0 spiro atoms. The molecule has 0 aliphatic rings. The van der Waals surface area contributed by atoms with Gasteiger partial charge in [-0.1, -0.05) is 12.1 Å². The van der Waals surface area contributed by atoms with E-state index in [1.807, 2.05) is 0 Å². The van der Waals surface area contributed by atoms with Gasteiger partial charge in [0.2, 0.25) is 0 Å². The van der Waals surface area contributed by atoms with Crippen molar-refractivity contribution >= 4 is 5.91 Å². The van der Waals surface area contributed by atoms with Gasteiger partial charge in [-0.15, -0.1) is 0 Å². The fourth-order valence-electron chi connectivity index (χ4n) is 1.23. The zero-order valence-electron chi connectivity index (χ0n) is 9.21. The largest absolute Gasteiger partial charge is 0.345 e. The van der Waals surface area contributed by atoms with E-state index >= 15 is 0 Å². The predicted molar refractivity (Wildman–Crippen MR) is 57.4 cm³/mol. The van der Waals surface area contributed by atoms with Gasteiger partial charge in [0, 0.05) is 25.2 Å². The maximum atomic E-state index is 13.2. The molecule has 5 heteroatoms. The lowest BCUT2D eigenvalue weighted by molar-refractivity contribution is 0.00591. The lowest BCUT2D eigenvalue weighted by atomic mass is 10.1. The molecule has 88 valence electrons. The smallest absolute Gasteiger partial charge is 0.285 e. The number of rotatable bonds is 3. The van der Waals surface area contributed by atoms with Gasteiger partial charge in [-0.2, -0.15) is 8.78 Å². The summed E-state index contributed by atoms with van der Waals surface area (Å²) in [6.07, 6.45) is 0. The third-order valence-electron chi connectivity index (χ3n) is 2.22. The summed E-state index contributed by atoms with van der Waals surface area (Å²) in [5.41, 5.74) is 5.16. The average molecular weight is 228 g/mol. The van der Waals surface area contributed by atoms with E-state index in [0.29, 0.717) is 5.56 Å². The topological polar surface area (TPSA) is 46.3 Å². The van der Waals surface area contributed by atoms with E-state index in [-0.39, 0.29) is 11.5 Å². The van der Waals surface area contributed by atoms with Gasteiger partial charge in [-0.25, -0.2) is 0 Å². The van der Waals surface area contributed by atoms with Crippen LogP contribution in [0.3, 0.4) is 0 Å². The first kappa shape index (κ1) is 12.6. The molecular formula is C11H14F2N2O. The maximum Gasteiger partial charge on any atom is 0.285 e. The van der Waals surface area contributed by atoms with Crippen molar-refractivity contribution in [3.05, 3.63) is 35.4 Å². The molecule has 0 saturated heterocycles. The SMILES string of the molecule is CN(C)C(=O)c1ccc(C(F)(F)CN)cc1. The number of carbonyl (C=O) groups excluding carboxylic acids is 1. The number of benzene rings is 1. The van der Waals surface area contributed by atoms with Crippen LogP contribution in [0.15, 0.2) is 24.3 Å². The van der Waals surface area contributed by atoms with Crippen molar-refractivity contribution in [2.75, 3.05) is 20.6 Å². The number of halogens is 2. The van der Waals surface area contributed by atoms with Crippen LogP contribution in [-0.2, 0) is 5.92 Å². The molecule has 1 aromatic carbocycles. The van der Waals surface area contributed by atoms with Gasteiger partial charge in [0.25, 0.3) is 11.8 Å². The summed E-state index contributed by atoms with van der Waals surface area (Å²) in [5, 5.41) is 0. The number of alkyl halides is 2. The molecular weight excluding hydrogens is 214 g/mol. The molecule has 0 atom stereocenters. The molecule has 0 unspecified atom stereocenters. The quantitative estimate of drug-likeness (QED) is 0.850. The highest BCUT2D eigenvalue weighted by molar-refractivity contribution is 5.93. The summed E-state index contributed by atoms with van der Waals surface area (Å²) in [7, 11) is 3.20. The zero-order chi connectivity index (χ0) is 12.3. The number of amides is 1. The molecule has 0 heterocycles. The van der Waals surface area contributed by atoms with Crippen LogP contribution in [0.5, 0.6) is 0 Å². The van der Waals surface area contributed by atoms with Gasteiger partial charge in [0.1, 0.15) is 0 Å². The second kappa shape index (κ2) is 4.57. The van der Waals surface area contributed by atoms with Gasteiger partial charge in [0.15, 0.2) is 0 Å². The van der Waals surface area contributed by atoms with Crippen molar-refractivity contribution in [1.82, 2.24) is 4.90 Å². The molecule has 0 fully saturated rings. The van der Waals surface area contributed by atoms with Crippen molar-refractivity contribution < 1.29 is 13.6 Å². The van der Waals surface area contributed by atoms with Crippen LogP contribution in [0, 0.1) is 0 Å². The number of carbonyl (C=O) groups is 1. The minimum absolute atomic E-state index is 0.176. The lowest BCUT2D eigenvalue weighted by Crippen LogP contribution is -2.25. The fourth-order valence-corrected chi connectivity index (χ4v) is 1.23. The Labute approximate surface area is 92.8 Å². The van der Waals surface area contributed by atoms with Crippen LogP contribution in [-0.4, -0.2) is 31.4 Å². The van der Waals surface area contributed by atoms with E-state index < -0.39 is 12.5 Å². The number of nitrogens with two attached hydrogens (primary N) is 1. The minimum atomic E-state index is -3.04. The normalized spacial score (nSPS) is 11.3. The summed E-state index contributed by atoms with van der Waals surface area (Å²) in [6, 6.07) is 5.20. The van der Waals surface area contributed by atoms with Crippen molar-refractivity contribution in [1.29, 1.82) is 0 Å². The Kier molecular flexibility index (Phi) is 3.59. The van der Waals surface area contributed by atoms with E-state index in [1.165, 1.54) is 29.2 Å². The first-order valence-corrected chi connectivity index (χ1v) is 4.78. The molecule has 16 heavy (non-hydrogen) atoms. The van der Waals surface area contributed by atoms with Crippen LogP contribution in [0.2, 0.25) is 0 Å². The summed E-state index contributed by atoms with van der Waals surface area (Å²) in [4.78, 5) is 12.9. The molecule has 1 rings (SSSR count). The summed E-state index contributed by atoms with van der Waals surface area (Å²) >= 11 is 0. The Balaban J connectivity index is 2.96. The molecule has 0 aliphatic heterocycles. The highest BCUT2D eigenvalue weighted by Crippen LogP contribution is 2.26. The second-order valence-electron chi connectivity index (χ2n) is 3.69. The van der Waals surface area contributed by atoms with Gasteiger partial charge < -0.3 is 10.6 Å². The van der Waals surface area contributed by atoms with Crippen molar-refractivity contribution in [2.24, 2.45) is 5.73 Å². The Morgan fingerprint density at radius 3 is 2.19 bits per heavy atom. The molecule has 0 saturated carbocycles. The third-order valence-corrected chi connectivity index (χ3v) is 2.22. The van der Waals surface area contributed by atoms with Gasteiger partial charge >= 0.3 is 0 Å². The molecule has 1 aromatic rings. The summed E-state index contributed by atoms with van der Waals surface area (Å²) < 4.78 is 26.3. The van der Waals surface area contributed by atoms with Crippen molar-refractivity contribution in [3.63, 3.8) is 0 Å². The van der Waals surface area contributed by atoms with E-state index in [1.54, 1.807) is 14.1 Å². The first-order chi connectivity index (χ1) is 7.38. The molecule has 2 N–H and O–H groups in total. The number of hydrogen-bond donors (Lipinski definition) is 1. The Morgan fingerprint density at radius 1 is 1.31 bits per heavy atom. The van der Waals surface area contributed by atoms with Crippen LogP contribution in [0.25, 0.3) is 0 Å². The van der Waals surface area contributed by atoms with Gasteiger partial charge in [-0.3, -0.25) is 4.79 Å². The number of nitrogens with zero attached hydrogens (tertiary/aromatic N) is 1. The van der Waals surface area contributed by atoms with E-state index in [9.17, 15) is 13.6 Å². The Bertz CT molecular complexity index is 374. The lowest BCUT2D eigenvalue weighted by Gasteiger charge is -2.15. The average Bonchev–Trinajstić information content (AvgIpc) is 2.28. The second-order valence-corrected chi connectivity index (χ2v) is 3.69. The molecule has 0 radical (unpaired) electrons. The summed E-state index contributed by atoms with van der Waals surface area (Å²) in [6.45, 7) is -0.742. The van der Waals surface area contributed by atoms with Crippen LogP contribution < -0.4 is 5.73 Å². The zero-order valence-corrected chi connectivity index (χ0v) is 9.21. The first-order valence-electron chi connectivity index (χ1n) is 4.78. The highest BCUT2D eigenvalue weighted by Gasteiger charge is 2.29. The Hall–Kier alpha value is -1.49. The summed E-state index contributed by atoms with van der Waals surface area (Å²) in [5.74, 6) is -3.26. The Morgan fingerprint density at radius 2 is 1.81 bits per heavy atom. The van der Waals surface area contributed by atoms with Gasteiger partial charge in [0.05, 0.1) is 6.54 Å². The number of hydrogen-bond acceptors (Lipinski definition) is 2. The minimum Gasteiger partial charge on any atom is -0.345 e. The van der Waals surface area contributed by atoms with E-state index in [0.717, 1.165) is 0 Å². The van der Waals surface area contributed by atoms with Crippen LogP contribution in [0.1, 0.15) is 15.9 Å². The highest BCUT2D eigenvalue weighted by atomic mass is 19.3. The fraction of sp³-hybridized carbons (Fsp3) is 0.364. The van der Waals surface area contributed by atoms with E-state index in [4.69, 9.17) is 5.73 Å². The van der Waals surface area contributed by atoms with Crippen molar-refractivity contribution in [2.45, 2.75) is 5.92 Å². The molecule has 3 nitrogen and oxygen atoms in total. The molecule has 0 aliphatic carbocycles. The molecule has 0 aromatic heterocycles. The van der Waals surface area contributed by atoms with Crippen molar-refractivity contribution in [3.8, 4) is 0 Å². The molecule has 0 bridgehead atoms. The maximum absolute atomic E-state index is 13.2. The van der Waals surface area contributed by atoms with Crippen LogP contribution >= 0.6 is 0 Å². The monoisotopic (exact) mass is 228 g/mol. The molecule has 1 amide bonds. The van der Waals surface area contributed by atoms with E-state index in [2.05, 4.69) is 0 Å². The standard InChI is InChI=1S/C11H14F2N2O/c1-15(2)10(16)8-3-5-9(6-4-8)11(12,13)7-14/h3-6H,7,14H2,1-2H3.